The molecular weight excluding hydrogens is 396 g/mol. The maximum absolute atomic E-state index is 12.7. The first kappa shape index (κ1) is 20.2. The number of hydrogen-bond acceptors (Lipinski definition) is 7. The molecule has 31 heavy (non-hydrogen) atoms. The first-order valence-corrected chi connectivity index (χ1v) is 9.70. The van der Waals surface area contributed by atoms with Gasteiger partial charge in [0, 0.05) is 11.3 Å². The van der Waals surface area contributed by atoms with Crippen molar-refractivity contribution >= 4 is 17.6 Å². The number of aromatic amines is 1. The van der Waals surface area contributed by atoms with Gasteiger partial charge in [0.25, 0.3) is 0 Å². The second-order valence-corrected chi connectivity index (χ2v) is 7.15. The zero-order chi connectivity index (χ0) is 22.0. The number of fused-ring (bicyclic) bond motifs is 1. The number of carbonyl (C=O) groups is 1. The highest BCUT2D eigenvalue weighted by Gasteiger charge is 2.36. The number of allylic oxidation sites excluding steroid dienone is 1. The highest BCUT2D eigenvalue weighted by atomic mass is 16.5. The van der Waals surface area contributed by atoms with E-state index in [0.29, 0.717) is 35.0 Å². The first-order valence-electron chi connectivity index (χ1n) is 9.70. The van der Waals surface area contributed by atoms with E-state index >= 15 is 0 Å². The van der Waals surface area contributed by atoms with Crippen molar-refractivity contribution in [1.82, 2.24) is 9.97 Å². The Balaban J connectivity index is 1.77. The van der Waals surface area contributed by atoms with Crippen LogP contribution >= 0.6 is 0 Å². The minimum Gasteiger partial charge on any atom is -0.489 e. The molecule has 2 aromatic carbocycles. The molecule has 2 heterocycles. The minimum absolute atomic E-state index is 0.136. The van der Waals surface area contributed by atoms with E-state index in [1.54, 1.807) is 6.92 Å². The fourth-order valence-electron chi connectivity index (χ4n) is 3.73. The zero-order valence-electron chi connectivity index (χ0n) is 17.1. The van der Waals surface area contributed by atoms with Crippen LogP contribution in [-0.2, 0) is 16.1 Å². The van der Waals surface area contributed by atoms with Crippen LogP contribution in [0.4, 0.5) is 11.6 Å². The van der Waals surface area contributed by atoms with E-state index in [1.165, 1.54) is 7.11 Å². The van der Waals surface area contributed by atoms with E-state index in [4.69, 9.17) is 15.2 Å². The summed E-state index contributed by atoms with van der Waals surface area (Å²) in [6, 6.07) is 17.2. The van der Waals surface area contributed by atoms with Crippen molar-refractivity contribution in [3.05, 3.63) is 93.0 Å². The number of esters is 1. The second-order valence-electron chi connectivity index (χ2n) is 7.15. The SMILES string of the molecule is COC(=O)C1=C(C)Nc2nc(=O)[nH]c(N)c2C1c1cccc(OCc2ccccc2)c1. The predicted molar refractivity (Wildman–Crippen MR) is 117 cm³/mol. The lowest BCUT2D eigenvalue weighted by atomic mass is 9.82. The lowest BCUT2D eigenvalue weighted by Crippen LogP contribution is -2.28. The van der Waals surface area contributed by atoms with E-state index in [0.717, 1.165) is 11.1 Å². The Hall–Kier alpha value is -4.07. The Morgan fingerprint density at radius 1 is 1.16 bits per heavy atom. The molecule has 0 aliphatic carbocycles. The molecule has 4 rings (SSSR count). The summed E-state index contributed by atoms with van der Waals surface area (Å²) >= 11 is 0. The Morgan fingerprint density at radius 3 is 2.68 bits per heavy atom. The molecule has 158 valence electrons. The number of nitrogens with two attached hydrogens (primary N) is 1. The quantitative estimate of drug-likeness (QED) is 0.545. The third-order valence-corrected chi connectivity index (χ3v) is 5.13. The van der Waals surface area contributed by atoms with Gasteiger partial charge in [0.2, 0.25) is 0 Å². The van der Waals surface area contributed by atoms with Gasteiger partial charge in [-0.05, 0) is 30.2 Å². The molecule has 0 saturated heterocycles. The zero-order valence-corrected chi connectivity index (χ0v) is 17.1. The highest BCUT2D eigenvalue weighted by Crippen LogP contribution is 2.43. The van der Waals surface area contributed by atoms with Crippen LogP contribution in [0.5, 0.6) is 5.75 Å². The van der Waals surface area contributed by atoms with Gasteiger partial charge in [0.05, 0.1) is 18.6 Å². The van der Waals surface area contributed by atoms with Crippen LogP contribution < -0.4 is 21.5 Å². The van der Waals surface area contributed by atoms with Gasteiger partial charge in [-0.3, -0.25) is 4.98 Å². The third kappa shape index (κ3) is 4.00. The van der Waals surface area contributed by atoms with Crippen molar-refractivity contribution in [3.8, 4) is 5.75 Å². The topological polar surface area (TPSA) is 119 Å². The summed E-state index contributed by atoms with van der Waals surface area (Å²) < 4.78 is 11.0. The molecule has 0 spiro atoms. The molecular formula is C23H22N4O4. The molecule has 0 bridgehead atoms. The summed E-state index contributed by atoms with van der Waals surface area (Å²) in [6.07, 6.45) is 0. The van der Waals surface area contributed by atoms with Crippen molar-refractivity contribution in [2.45, 2.75) is 19.4 Å². The number of anilines is 2. The summed E-state index contributed by atoms with van der Waals surface area (Å²) in [5.41, 5.74) is 8.80. The van der Waals surface area contributed by atoms with Crippen molar-refractivity contribution in [1.29, 1.82) is 0 Å². The molecule has 1 aliphatic rings. The van der Waals surface area contributed by atoms with Crippen LogP contribution in [-0.4, -0.2) is 23.0 Å². The van der Waals surface area contributed by atoms with Crippen LogP contribution in [0, 0.1) is 0 Å². The molecule has 8 heteroatoms. The molecule has 0 fully saturated rings. The Morgan fingerprint density at radius 2 is 1.94 bits per heavy atom. The molecule has 8 nitrogen and oxygen atoms in total. The first-order chi connectivity index (χ1) is 15.0. The predicted octanol–water partition coefficient (Wildman–Crippen LogP) is 2.94. The van der Waals surface area contributed by atoms with Crippen LogP contribution in [0.1, 0.15) is 29.5 Å². The van der Waals surface area contributed by atoms with Gasteiger partial charge in [-0.1, -0.05) is 42.5 Å². The Bertz CT molecular complexity index is 1220. The van der Waals surface area contributed by atoms with Crippen LogP contribution in [0.3, 0.4) is 0 Å². The molecule has 3 aromatic rings. The van der Waals surface area contributed by atoms with Crippen LogP contribution in [0.25, 0.3) is 0 Å². The smallest absolute Gasteiger partial charge is 0.348 e. The van der Waals surface area contributed by atoms with E-state index in [9.17, 15) is 9.59 Å². The number of nitrogen functional groups attached to an aromatic ring is 1. The molecule has 0 saturated carbocycles. The summed E-state index contributed by atoms with van der Waals surface area (Å²) in [5, 5.41) is 3.00. The number of ether oxygens (including phenoxy) is 2. The van der Waals surface area contributed by atoms with E-state index < -0.39 is 17.6 Å². The number of methoxy groups -OCH3 is 1. The summed E-state index contributed by atoms with van der Waals surface area (Å²) in [4.78, 5) is 31.0. The molecule has 1 unspecified atom stereocenters. The van der Waals surface area contributed by atoms with Crippen LogP contribution in [0.2, 0.25) is 0 Å². The van der Waals surface area contributed by atoms with Gasteiger partial charge in [-0.2, -0.15) is 4.98 Å². The van der Waals surface area contributed by atoms with Gasteiger partial charge < -0.3 is 20.5 Å². The summed E-state index contributed by atoms with van der Waals surface area (Å²) in [7, 11) is 1.32. The number of carbonyl (C=O) groups excluding carboxylic acids is 1. The van der Waals surface area contributed by atoms with E-state index in [2.05, 4.69) is 15.3 Å². The summed E-state index contributed by atoms with van der Waals surface area (Å²) in [6.45, 7) is 2.14. The largest absolute Gasteiger partial charge is 0.489 e. The maximum Gasteiger partial charge on any atom is 0.348 e. The van der Waals surface area contributed by atoms with Crippen molar-refractivity contribution in [2.75, 3.05) is 18.2 Å². The standard InChI is InChI=1S/C23H22N4O4/c1-13-17(22(28)30-2)18(19-20(24)26-23(29)27-21(19)25-13)15-9-6-10-16(11-15)31-12-14-7-4-3-5-8-14/h3-11,18H,12H2,1-2H3,(H4,24,25,26,27,29). The Labute approximate surface area is 178 Å². The minimum atomic E-state index is -0.590. The number of nitrogens with one attached hydrogen (secondary N) is 2. The molecule has 4 N–H and O–H groups in total. The molecule has 0 amide bonds. The molecule has 1 aliphatic heterocycles. The molecule has 0 radical (unpaired) electrons. The number of rotatable bonds is 5. The summed E-state index contributed by atoms with van der Waals surface area (Å²) in [5.74, 6) is -0.00142. The van der Waals surface area contributed by atoms with Crippen LogP contribution in [0.15, 0.2) is 70.7 Å². The molecule has 1 atom stereocenters. The van der Waals surface area contributed by atoms with Crippen molar-refractivity contribution in [2.24, 2.45) is 0 Å². The van der Waals surface area contributed by atoms with Gasteiger partial charge in [0.15, 0.2) is 0 Å². The van der Waals surface area contributed by atoms with Gasteiger partial charge in [-0.25, -0.2) is 9.59 Å². The van der Waals surface area contributed by atoms with E-state index in [1.807, 2.05) is 54.6 Å². The number of hydrogen-bond donors (Lipinski definition) is 3. The average Bonchev–Trinajstić information content (AvgIpc) is 2.77. The average molecular weight is 418 g/mol. The maximum atomic E-state index is 12.7. The normalized spacial score (nSPS) is 15.1. The van der Waals surface area contributed by atoms with Crippen molar-refractivity contribution < 1.29 is 14.3 Å². The monoisotopic (exact) mass is 418 g/mol. The van der Waals surface area contributed by atoms with E-state index in [-0.39, 0.29) is 5.82 Å². The lowest BCUT2D eigenvalue weighted by molar-refractivity contribution is -0.136. The highest BCUT2D eigenvalue weighted by molar-refractivity contribution is 5.95. The fourth-order valence-corrected chi connectivity index (χ4v) is 3.73. The van der Waals surface area contributed by atoms with Gasteiger partial charge in [-0.15, -0.1) is 0 Å². The Kier molecular flexibility index (Phi) is 5.44. The number of H-pyrrole nitrogens is 1. The lowest BCUT2D eigenvalue weighted by Gasteiger charge is -2.29. The second kappa shape index (κ2) is 8.35. The molecule has 1 aromatic heterocycles. The van der Waals surface area contributed by atoms with Gasteiger partial charge >= 0.3 is 11.7 Å². The third-order valence-electron chi connectivity index (χ3n) is 5.13. The van der Waals surface area contributed by atoms with Crippen molar-refractivity contribution in [3.63, 3.8) is 0 Å². The number of benzene rings is 2. The van der Waals surface area contributed by atoms with Gasteiger partial charge in [0.1, 0.15) is 24.0 Å². The number of aromatic nitrogens is 2. The number of nitrogens with zero attached hydrogens (tertiary/aromatic N) is 1. The fraction of sp³-hybridized carbons (Fsp3) is 0.174.